The predicted octanol–water partition coefficient (Wildman–Crippen LogP) is 3.39. The van der Waals surface area contributed by atoms with Crippen LogP contribution < -0.4 is 4.74 Å². The molecule has 2 aliphatic rings. The van der Waals surface area contributed by atoms with Crippen LogP contribution in [0.2, 0.25) is 0 Å². The van der Waals surface area contributed by atoms with E-state index in [1.807, 2.05) is 12.1 Å². The van der Waals surface area contributed by atoms with E-state index in [0.29, 0.717) is 13.2 Å². The van der Waals surface area contributed by atoms with Gasteiger partial charge in [0, 0.05) is 56.0 Å². The van der Waals surface area contributed by atoms with Gasteiger partial charge in [0.15, 0.2) is 6.79 Å². The van der Waals surface area contributed by atoms with E-state index in [0.717, 1.165) is 60.1 Å². The first kappa shape index (κ1) is 19.4. The zero-order valence-corrected chi connectivity index (χ0v) is 17.3. The summed E-state index contributed by atoms with van der Waals surface area (Å²) in [4.78, 5) is 20.4. The number of thiazole rings is 1. The van der Waals surface area contributed by atoms with Crippen molar-refractivity contribution in [3.05, 3.63) is 62.6 Å². The molecule has 1 fully saturated rings. The number of aromatic nitrogens is 1. The number of non-ortho nitro benzene ring substituents is 1. The normalized spacial score (nSPS) is 17.6. The van der Waals surface area contributed by atoms with Crippen LogP contribution in [-0.2, 0) is 24.4 Å². The first-order valence-electron chi connectivity index (χ1n) is 9.95. The van der Waals surface area contributed by atoms with Crippen LogP contribution in [-0.4, -0.2) is 52.7 Å². The molecule has 2 aromatic carbocycles. The maximum Gasteiger partial charge on any atom is 0.270 e. The molecule has 0 bridgehead atoms. The number of hydrogen-bond acceptors (Lipinski definition) is 8. The Bertz CT molecular complexity index is 1050. The SMILES string of the molecule is O=[N+]([O-])c1cc2c(c(CN3CCN(Cc4nc5ccccc5s4)CC3)c1)OCOC2. The van der Waals surface area contributed by atoms with Gasteiger partial charge in [0.1, 0.15) is 10.8 Å². The van der Waals surface area contributed by atoms with Crippen molar-refractivity contribution >= 4 is 27.2 Å². The maximum absolute atomic E-state index is 11.3. The van der Waals surface area contributed by atoms with Crippen molar-refractivity contribution in [2.45, 2.75) is 19.7 Å². The minimum atomic E-state index is -0.353. The highest BCUT2D eigenvalue weighted by atomic mass is 32.1. The number of ether oxygens (including phenoxy) is 2. The van der Waals surface area contributed by atoms with Gasteiger partial charge in [0.25, 0.3) is 5.69 Å². The Morgan fingerprint density at radius 1 is 1.10 bits per heavy atom. The summed E-state index contributed by atoms with van der Waals surface area (Å²) in [6.45, 7) is 5.72. The molecule has 0 saturated carbocycles. The molecule has 9 heteroatoms. The van der Waals surface area contributed by atoms with E-state index in [2.05, 4.69) is 21.9 Å². The summed E-state index contributed by atoms with van der Waals surface area (Å²) in [5.74, 6) is 0.740. The number of nitro benzene ring substituents is 1. The molecule has 1 saturated heterocycles. The Morgan fingerprint density at radius 2 is 1.87 bits per heavy atom. The summed E-state index contributed by atoms with van der Waals surface area (Å²) in [6, 6.07) is 11.4. The topological polar surface area (TPSA) is 81.0 Å². The van der Waals surface area contributed by atoms with Crippen molar-refractivity contribution in [1.29, 1.82) is 0 Å². The zero-order valence-electron chi connectivity index (χ0n) is 16.5. The van der Waals surface area contributed by atoms with Gasteiger partial charge in [-0.1, -0.05) is 12.1 Å². The summed E-state index contributed by atoms with van der Waals surface area (Å²) in [5.41, 5.74) is 2.77. The van der Waals surface area contributed by atoms with E-state index in [4.69, 9.17) is 14.5 Å². The van der Waals surface area contributed by atoms with Crippen LogP contribution in [0.3, 0.4) is 0 Å². The molecule has 0 N–H and O–H groups in total. The summed E-state index contributed by atoms with van der Waals surface area (Å²) in [7, 11) is 0. The highest BCUT2D eigenvalue weighted by Crippen LogP contribution is 2.33. The third kappa shape index (κ3) is 4.01. The number of para-hydroxylation sites is 1. The fourth-order valence-electron chi connectivity index (χ4n) is 4.03. The molecule has 0 spiro atoms. The summed E-state index contributed by atoms with van der Waals surface area (Å²) in [5, 5.41) is 12.5. The molecule has 0 unspecified atom stereocenters. The van der Waals surface area contributed by atoms with Crippen LogP contribution >= 0.6 is 11.3 Å². The van der Waals surface area contributed by atoms with Crippen molar-refractivity contribution in [3.8, 4) is 5.75 Å². The first-order chi connectivity index (χ1) is 14.7. The van der Waals surface area contributed by atoms with Crippen LogP contribution in [0.5, 0.6) is 5.75 Å². The number of fused-ring (bicyclic) bond motifs is 2. The maximum atomic E-state index is 11.3. The molecule has 0 atom stereocenters. The second-order valence-electron chi connectivity index (χ2n) is 7.59. The lowest BCUT2D eigenvalue weighted by Gasteiger charge is -2.34. The van der Waals surface area contributed by atoms with Crippen molar-refractivity contribution < 1.29 is 14.4 Å². The Kier molecular flexibility index (Phi) is 5.34. The number of rotatable bonds is 5. The summed E-state index contributed by atoms with van der Waals surface area (Å²) >= 11 is 1.76. The highest BCUT2D eigenvalue weighted by Gasteiger charge is 2.24. The Morgan fingerprint density at radius 3 is 2.63 bits per heavy atom. The van der Waals surface area contributed by atoms with Crippen molar-refractivity contribution in [2.75, 3.05) is 33.0 Å². The van der Waals surface area contributed by atoms with Crippen molar-refractivity contribution in [1.82, 2.24) is 14.8 Å². The molecule has 0 amide bonds. The lowest BCUT2D eigenvalue weighted by Crippen LogP contribution is -2.45. The first-order valence-corrected chi connectivity index (χ1v) is 10.8. The molecule has 1 aromatic heterocycles. The van der Waals surface area contributed by atoms with Gasteiger partial charge in [0.2, 0.25) is 0 Å². The largest absolute Gasteiger partial charge is 0.467 e. The average Bonchev–Trinajstić information content (AvgIpc) is 3.17. The Labute approximate surface area is 177 Å². The van der Waals surface area contributed by atoms with Crippen LogP contribution in [0.4, 0.5) is 5.69 Å². The van der Waals surface area contributed by atoms with Crippen LogP contribution in [0.15, 0.2) is 36.4 Å². The van der Waals surface area contributed by atoms with Crippen LogP contribution in [0.1, 0.15) is 16.1 Å². The van der Waals surface area contributed by atoms with Gasteiger partial charge in [-0.3, -0.25) is 19.9 Å². The van der Waals surface area contributed by atoms with E-state index in [1.165, 1.54) is 4.70 Å². The minimum absolute atomic E-state index is 0.0901. The molecular weight excluding hydrogens is 404 g/mol. The van der Waals surface area contributed by atoms with Gasteiger partial charge < -0.3 is 9.47 Å². The van der Waals surface area contributed by atoms with E-state index >= 15 is 0 Å². The molecule has 30 heavy (non-hydrogen) atoms. The minimum Gasteiger partial charge on any atom is -0.467 e. The molecule has 3 heterocycles. The van der Waals surface area contributed by atoms with E-state index < -0.39 is 0 Å². The Hall–Kier alpha value is -2.59. The van der Waals surface area contributed by atoms with Gasteiger partial charge >= 0.3 is 0 Å². The lowest BCUT2D eigenvalue weighted by atomic mass is 10.1. The third-order valence-electron chi connectivity index (χ3n) is 5.54. The average molecular weight is 426 g/mol. The fourth-order valence-corrected chi connectivity index (χ4v) is 5.04. The Balaban J connectivity index is 1.24. The van der Waals surface area contributed by atoms with Crippen molar-refractivity contribution in [3.63, 3.8) is 0 Å². The van der Waals surface area contributed by atoms with Gasteiger partial charge in [-0.05, 0) is 12.1 Å². The van der Waals surface area contributed by atoms with Gasteiger partial charge in [-0.2, -0.15) is 0 Å². The molecule has 3 aromatic rings. The number of nitrogens with zero attached hydrogens (tertiary/aromatic N) is 4. The molecule has 0 radical (unpaired) electrons. The van der Waals surface area contributed by atoms with Crippen molar-refractivity contribution in [2.24, 2.45) is 0 Å². The summed E-state index contributed by atoms with van der Waals surface area (Å²) in [6.07, 6.45) is 0. The summed E-state index contributed by atoms with van der Waals surface area (Å²) < 4.78 is 12.2. The monoisotopic (exact) mass is 426 g/mol. The fraction of sp³-hybridized carbons (Fsp3) is 0.381. The molecule has 2 aliphatic heterocycles. The zero-order chi connectivity index (χ0) is 20.5. The number of hydrogen-bond donors (Lipinski definition) is 0. The molecular formula is C21H22N4O4S. The standard InChI is InChI=1S/C21H22N4O4S/c26-25(27)17-9-15(21-16(10-17)13-28-14-29-21)11-23-5-7-24(8-6-23)12-20-22-18-3-1-2-4-19(18)30-20/h1-4,9-10H,5-8,11-14H2. The number of piperazine rings is 1. The second kappa shape index (κ2) is 8.27. The molecule has 8 nitrogen and oxygen atoms in total. The molecule has 5 rings (SSSR count). The van der Waals surface area contributed by atoms with Crippen LogP contribution in [0, 0.1) is 10.1 Å². The smallest absolute Gasteiger partial charge is 0.270 e. The second-order valence-corrected chi connectivity index (χ2v) is 8.70. The number of benzene rings is 2. The van der Waals surface area contributed by atoms with E-state index in [1.54, 1.807) is 23.5 Å². The third-order valence-corrected chi connectivity index (χ3v) is 6.56. The molecule has 0 aliphatic carbocycles. The number of nitro groups is 1. The molecule has 156 valence electrons. The van der Waals surface area contributed by atoms with E-state index in [-0.39, 0.29) is 17.4 Å². The van der Waals surface area contributed by atoms with Gasteiger partial charge in [-0.15, -0.1) is 11.3 Å². The lowest BCUT2D eigenvalue weighted by molar-refractivity contribution is -0.385. The highest BCUT2D eigenvalue weighted by molar-refractivity contribution is 7.18. The van der Waals surface area contributed by atoms with E-state index in [9.17, 15) is 10.1 Å². The van der Waals surface area contributed by atoms with Crippen LogP contribution in [0.25, 0.3) is 10.2 Å². The predicted molar refractivity (Wildman–Crippen MR) is 114 cm³/mol. The van der Waals surface area contributed by atoms with Gasteiger partial charge in [-0.25, -0.2) is 4.98 Å². The quantitative estimate of drug-likeness (QED) is 0.457. The van der Waals surface area contributed by atoms with Gasteiger partial charge in [0.05, 0.1) is 28.3 Å².